The van der Waals surface area contributed by atoms with E-state index in [0.717, 1.165) is 5.56 Å². The molecule has 120 valence electrons. The minimum absolute atomic E-state index is 0.154. The van der Waals surface area contributed by atoms with Gasteiger partial charge in [-0.3, -0.25) is 14.9 Å². The second-order valence-electron chi connectivity index (χ2n) is 4.87. The Hall–Kier alpha value is -2.96. The van der Waals surface area contributed by atoms with Crippen LogP contribution in [0.4, 0.5) is 15.8 Å². The molecule has 1 amide bonds. The van der Waals surface area contributed by atoms with Gasteiger partial charge in [0.2, 0.25) is 0 Å². The average molecular weight is 317 g/mol. The van der Waals surface area contributed by atoms with Gasteiger partial charge in [-0.25, -0.2) is 4.39 Å². The topological polar surface area (TPSA) is 84.3 Å². The first-order chi connectivity index (χ1) is 11.0. The fraction of sp³-hybridized carbons (Fsp3) is 0.188. The Labute approximate surface area is 132 Å². The summed E-state index contributed by atoms with van der Waals surface area (Å²) in [5.41, 5.74) is 1.30. The largest absolute Gasteiger partial charge is 0.383 e. The number of hydrogen-bond acceptors (Lipinski definition) is 4. The number of nitro benzene ring substituents is 1. The van der Waals surface area contributed by atoms with Crippen LogP contribution in [0.5, 0.6) is 0 Å². The molecule has 0 heterocycles. The molecule has 0 spiro atoms. The molecule has 0 unspecified atom stereocenters. The summed E-state index contributed by atoms with van der Waals surface area (Å²) in [7, 11) is 1.57. The third-order valence-electron chi connectivity index (χ3n) is 3.34. The van der Waals surface area contributed by atoms with E-state index in [0.29, 0.717) is 18.7 Å². The highest BCUT2D eigenvalue weighted by atomic mass is 19.1. The Morgan fingerprint density at radius 3 is 2.52 bits per heavy atom. The van der Waals surface area contributed by atoms with Gasteiger partial charge in [0, 0.05) is 25.2 Å². The summed E-state index contributed by atoms with van der Waals surface area (Å²) < 4.78 is 12.8. The molecule has 0 aliphatic rings. The molecule has 23 heavy (non-hydrogen) atoms. The third-order valence-corrected chi connectivity index (χ3v) is 3.34. The Morgan fingerprint density at radius 2 is 1.91 bits per heavy atom. The molecule has 2 N–H and O–H groups in total. The van der Waals surface area contributed by atoms with Crippen molar-refractivity contribution in [3.05, 3.63) is 69.5 Å². The van der Waals surface area contributed by atoms with Crippen molar-refractivity contribution < 1.29 is 14.1 Å². The standard InChI is InChI=1S/C16H16FN3O3/c1-18-14-7-4-12(10-15(14)20(22)23)16(21)19-9-8-11-2-5-13(17)6-3-11/h2-7,10,18H,8-9H2,1H3,(H,19,21). The average Bonchev–Trinajstić information content (AvgIpc) is 2.55. The number of anilines is 1. The molecule has 2 rings (SSSR count). The molecule has 2 aromatic carbocycles. The van der Waals surface area contributed by atoms with E-state index in [1.165, 1.54) is 30.3 Å². The zero-order chi connectivity index (χ0) is 16.8. The molecule has 0 aliphatic carbocycles. The number of carbonyl (C=O) groups excluding carboxylic acids is 1. The van der Waals surface area contributed by atoms with Gasteiger partial charge >= 0.3 is 0 Å². The molecule has 0 bridgehead atoms. The lowest BCUT2D eigenvalue weighted by atomic mass is 10.1. The highest BCUT2D eigenvalue weighted by Gasteiger charge is 2.16. The van der Waals surface area contributed by atoms with Gasteiger partial charge in [-0.05, 0) is 36.2 Å². The molecule has 7 heteroatoms. The third kappa shape index (κ3) is 4.26. The van der Waals surface area contributed by atoms with Crippen LogP contribution < -0.4 is 10.6 Å². The van der Waals surface area contributed by atoms with Crippen LogP contribution in [0.3, 0.4) is 0 Å². The van der Waals surface area contributed by atoms with Crippen LogP contribution in [0.25, 0.3) is 0 Å². The number of nitrogens with one attached hydrogen (secondary N) is 2. The van der Waals surface area contributed by atoms with Crippen molar-refractivity contribution in [3.63, 3.8) is 0 Å². The van der Waals surface area contributed by atoms with Gasteiger partial charge in [0.25, 0.3) is 11.6 Å². The van der Waals surface area contributed by atoms with Gasteiger partial charge in [-0.2, -0.15) is 0 Å². The van der Waals surface area contributed by atoms with Crippen LogP contribution in [-0.2, 0) is 6.42 Å². The first-order valence-electron chi connectivity index (χ1n) is 7.00. The fourth-order valence-corrected chi connectivity index (χ4v) is 2.11. The summed E-state index contributed by atoms with van der Waals surface area (Å²) in [6.45, 7) is 0.353. The number of benzene rings is 2. The number of halogens is 1. The smallest absolute Gasteiger partial charge is 0.293 e. The first kappa shape index (κ1) is 16.4. The van der Waals surface area contributed by atoms with Crippen LogP contribution in [0.1, 0.15) is 15.9 Å². The quantitative estimate of drug-likeness (QED) is 0.634. The molecule has 2 aromatic rings. The Morgan fingerprint density at radius 1 is 1.22 bits per heavy atom. The fourth-order valence-electron chi connectivity index (χ4n) is 2.11. The monoisotopic (exact) mass is 317 g/mol. The van der Waals surface area contributed by atoms with Crippen molar-refractivity contribution >= 4 is 17.3 Å². The molecule has 0 aromatic heterocycles. The molecule has 0 fully saturated rings. The number of nitro groups is 1. The van der Waals surface area contributed by atoms with E-state index in [2.05, 4.69) is 10.6 Å². The summed E-state index contributed by atoms with van der Waals surface area (Å²) in [6.07, 6.45) is 0.544. The molecular weight excluding hydrogens is 301 g/mol. The number of amides is 1. The summed E-state index contributed by atoms with van der Waals surface area (Å²) in [5, 5.41) is 16.4. The normalized spacial score (nSPS) is 10.2. The minimum atomic E-state index is -0.541. The number of rotatable bonds is 6. The molecular formula is C16H16FN3O3. The Balaban J connectivity index is 1.99. The second kappa shape index (κ2) is 7.35. The van der Waals surface area contributed by atoms with Gasteiger partial charge in [0.05, 0.1) is 4.92 Å². The Bertz CT molecular complexity index is 717. The molecule has 6 nitrogen and oxygen atoms in total. The van der Waals surface area contributed by atoms with Gasteiger partial charge in [-0.1, -0.05) is 12.1 Å². The predicted molar refractivity (Wildman–Crippen MR) is 85.1 cm³/mol. The lowest BCUT2D eigenvalue weighted by molar-refractivity contribution is -0.384. The van der Waals surface area contributed by atoms with E-state index in [4.69, 9.17) is 0 Å². The summed E-state index contributed by atoms with van der Waals surface area (Å²) in [6, 6.07) is 10.3. The molecule has 0 atom stereocenters. The summed E-state index contributed by atoms with van der Waals surface area (Å²) in [4.78, 5) is 22.5. The maximum atomic E-state index is 12.8. The molecule has 0 saturated carbocycles. The Kier molecular flexibility index (Phi) is 5.24. The zero-order valence-electron chi connectivity index (χ0n) is 12.5. The summed E-state index contributed by atoms with van der Waals surface area (Å²) >= 11 is 0. The number of nitrogens with zero attached hydrogens (tertiary/aromatic N) is 1. The number of hydrogen-bond donors (Lipinski definition) is 2. The van der Waals surface area contributed by atoms with E-state index in [1.807, 2.05) is 0 Å². The zero-order valence-corrected chi connectivity index (χ0v) is 12.5. The number of carbonyl (C=O) groups is 1. The molecule has 0 saturated heterocycles. The van der Waals surface area contributed by atoms with Crippen molar-refractivity contribution in [1.82, 2.24) is 5.32 Å². The van der Waals surface area contributed by atoms with E-state index < -0.39 is 10.8 Å². The van der Waals surface area contributed by atoms with Gasteiger partial charge < -0.3 is 10.6 Å². The van der Waals surface area contributed by atoms with Crippen molar-refractivity contribution in [2.75, 3.05) is 18.9 Å². The van der Waals surface area contributed by atoms with Crippen molar-refractivity contribution in [1.29, 1.82) is 0 Å². The van der Waals surface area contributed by atoms with Crippen LogP contribution in [0, 0.1) is 15.9 Å². The predicted octanol–water partition coefficient (Wildman–Crippen LogP) is 2.75. The van der Waals surface area contributed by atoms with Crippen LogP contribution in [0.2, 0.25) is 0 Å². The highest BCUT2D eigenvalue weighted by Crippen LogP contribution is 2.24. The van der Waals surface area contributed by atoms with Crippen molar-refractivity contribution in [3.8, 4) is 0 Å². The maximum absolute atomic E-state index is 12.8. The van der Waals surface area contributed by atoms with Crippen LogP contribution >= 0.6 is 0 Å². The molecule has 0 radical (unpaired) electrons. The van der Waals surface area contributed by atoms with Gasteiger partial charge in [-0.15, -0.1) is 0 Å². The lowest BCUT2D eigenvalue weighted by Crippen LogP contribution is -2.25. The van der Waals surface area contributed by atoms with Crippen LogP contribution in [0.15, 0.2) is 42.5 Å². The molecule has 0 aliphatic heterocycles. The summed E-state index contributed by atoms with van der Waals surface area (Å²) in [5.74, 6) is -0.701. The van der Waals surface area contributed by atoms with Gasteiger partial charge in [0.15, 0.2) is 0 Å². The lowest BCUT2D eigenvalue weighted by Gasteiger charge is -2.07. The second-order valence-corrected chi connectivity index (χ2v) is 4.87. The van der Waals surface area contributed by atoms with Crippen molar-refractivity contribution in [2.45, 2.75) is 6.42 Å². The minimum Gasteiger partial charge on any atom is -0.383 e. The van der Waals surface area contributed by atoms with Crippen LogP contribution in [-0.4, -0.2) is 24.4 Å². The van der Waals surface area contributed by atoms with Gasteiger partial charge in [0.1, 0.15) is 11.5 Å². The van der Waals surface area contributed by atoms with E-state index in [1.54, 1.807) is 19.2 Å². The van der Waals surface area contributed by atoms with E-state index in [-0.39, 0.29) is 17.1 Å². The SMILES string of the molecule is CNc1ccc(C(=O)NCCc2ccc(F)cc2)cc1[N+](=O)[O-]. The van der Waals surface area contributed by atoms with Crippen molar-refractivity contribution in [2.24, 2.45) is 0 Å². The van der Waals surface area contributed by atoms with E-state index in [9.17, 15) is 19.3 Å². The van der Waals surface area contributed by atoms with E-state index >= 15 is 0 Å². The first-order valence-corrected chi connectivity index (χ1v) is 7.00. The highest BCUT2D eigenvalue weighted by molar-refractivity contribution is 5.95. The maximum Gasteiger partial charge on any atom is 0.293 e.